The van der Waals surface area contributed by atoms with Crippen LogP contribution in [0.25, 0.3) is 0 Å². The van der Waals surface area contributed by atoms with Gasteiger partial charge in [0, 0.05) is 26.8 Å². The molecule has 1 aromatic rings. The van der Waals surface area contributed by atoms with Crippen molar-refractivity contribution in [1.29, 1.82) is 0 Å². The highest BCUT2D eigenvalue weighted by Crippen LogP contribution is 2.24. The Labute approximate surface area is 123 Å². The molecule has 1 aromatic carbocycles. The van der Waals surface area contributed by atoms with Crippen molar-refractivity contribution < 1.29 is 13.9 Å². The molecular weight excluding hydrogens is 281 g/mol. The second-order valence-electron chi connectivity index (χ2n) is 5.14. The number of hydrogen-bond donors (Lipinski definition) is 0. The number of halogens is 2. The summed E-state index contributed by atoms with van der Waals surface area (Å²) in [4.78, 5) is 14.1. The number of amides is 1. The third kappa shape index (κ3) is 3.70. The molecule has 5 heteroatoms. The summed E-state index contributed by atoms with van der Waals surface area (Å²) in [7, 11) is 1.70. The van der Waals surface area contributed by atoms with Gasteiger partial charge in [-0.25, -0.2) is 4.39 Å². The van der Waals surface area contributed by atoms with Crippen LogP contribution in [0.2, 0.25) is 5.02 Å². The van der Waals surface area contributed by atoms with Crippen LogP contribution in [0.5, 0.6) is 0 Å². The number of nitrogens with zero attached hydrogens (tertiary/aromatic N) is 1. The molecule has 1 saturated heterocycles. The Bertz CT molecular complexity index is 473. The van der Waals surface area contributed by atoms with Gasteiger partial charge in [0.25, 0.3) is 5.91 Å². The van der Waals surface area contributed by atoms with Gasteiger partial charge in [0.15, 0.2) is 0 Å². The smallest absolute Gasteiger partial charge is 0.255 e. The number of carbonyl (C=O) groups is 1. The topological polar surface area (TPSA) is 29.5 Å². The number of carbonyl (C=O) groups excluding carboxylic acids is 1. The third-order valence-electron chi connectivity index (χ3n) is 3.79. The van der Waals surface area contributed by atoms with E-state index in [2.05, 4.69) is 0 Å². The van der Waals surface area contributed by atoms with E-state index in [-0.39, 0.29) is 11.5 Å². The summed E-state index contributed by atoms with van der Waals surface area (Å²) in [6.45, 7) is 2.15. The summed E-state index contributed by atoms with van der Waals surface area (Å²) in [5.74, 6) is -0.0191. The largest absolute Gasteiger partial charge is 0.385 e. The molecule has 0 spiro atoms. The normalized spacial score (nSPS) is 16.4. The van der Waals surface area contributed by atoms with Crippen LogP contribution in [0.15, 0.2) is 18.2 Å². The van der Waals surface area contributed by atoms with E-state index < -0.39 is 5.82 Å². The Balaban J connectivity index is 1.96. The van der Waals surface area contributed by atoms with E-state index in [1.807, 2.05) is 0 Å². The van der Waals surface area contributed by atoms with Gasteiger partial charge in [-0.15, -0.1) is 0 Å². The van der Waals surface area contributed by atoms with Crippen molar-refractivity contribution in [3.63, 3.8) is 0 Å². The molecular formula is C15H19ClFNO2. The zero-order chi connectivity index (χ0) is 14.5. The Morgan fingerprint density at radius 2 is 2.15 bits per heavy atom. The van der Waals surface area contributed by atoms with E-state index in [1.54, 1.807) is 12.0 Å². The summed E-state index contributed by atoms with van der Waals surface area (Å²) in [6, 6.07) is 3.90. The van der Waals surface area contributed by atoms with Crippen LogP contribution >= 0.6 is 11.6 Å². The van der Waals surface area contributed by atoms with Gasteiger partial charge >= 0.3 is 0 Å². The van der Waals surface area contributed by atoms with E-state index >= 15 is 0 Å². The van der Waals surface area contributed by atoms with Gasteiger partial charge in [-0.05, 0) is 43.4 Å². The molecule has 0 atom stereocenters. The van der Waals surface area contributed by atoms with Crippen molar-refractivity contribution >= 4 is 17.5 Å². The molecule has 0 radical (unpaired) electrons. The SMILES string of the molecule is COCCC1CCN(C(=O)c2cc(F)ccc2Cl)CC1. The first-order chi connectivity index (χ1) is 9.61. The van der Waals surface area contributed by atoms with Gasteiger partial charge < -0.3 is 9.64 Å². The van der Waals surface area contributed by atoms with Crippen LogP contribution in [0.1, 0.15) is 29.6 Å². The highest BCUT2D eigenvalue weighted by molar-refractivity contribution is 6.33. The summed E-state index contributed by atoms with van der Waals surface area (Å²) >= 11 is 5.98. The maximum atomic E-state index is 13.2. The van der Waals surface area contributed by atoms with Gasteiger partial charge in [0.2, 0.25) is 0 Å². The molecule has 0 aromatic heterocycles. The van der Waals surface area contributed by atoms with E-state index in [9.17, 15) is 9.18 Å². The van der Waals surface area contributed by atoms with Crippen LogP contribution in [0.3, 0.4) is 0 Å². The third-order valence-corrected chi connectivity index (χ3v) is 4.12. The standard InChI is InChI=1S/C15H19ClFNO2/c1-20-9-6-11-4-7-18(8-5-11)15(19)13-10-12(17)2-3-14(13)16/h2-3,10-11H,4-9H2,1H3. The zero-order valence-corrected chi connectivity index (χ0v) is 12.3. The molecule has 2 rings (SSSR count). The minimum atomic E-state index is -0.437. The number of rotatable bonds is 4. The highest BCUT2D eigenvalue weighted by Gasteiger charge is 2.24. The summed E-state index contributed by atoms with van der Waals surface area (Å²) < 4.78 is 18.3. The number of piperidine rings is 1. The van der Waals surface area contributed by atoms with Gasteiger partial charge in [-0.3, -0.25) is 4.79 Å². The minimum absolute atomic E-state index is 0.181. The van der Waals surface area contributed by atoms with Crippen molar-refractivity contribution in [2.24, 2.45) is 5.92 Å². The average molecular weight is 300 g/mol. The molecule has 1 aliphatic heterocycles. The molecule has 1 amide bonds. The first-order valence-electron chi connectivity index (χ1n) is 6.85. The number of hydrogen-bond acceptors (Lipinski definition) is 2. The molecule has 0 N–H and O–H groups in total. The minimum Gasteiger partial charge on any atom is -0.385 e. The van der Waals surface area contributed by atoms with Crippen LogP contribution in [0.4, 0.5) is 4.39 Å². The summed E-state index contributed by atoms with van der Waals surface area (Å²) in [5.41, 5.74) is 0.252. The van der Waals surface area contributed by atoms with Crippen molar-refractivity contribution in [2.45, 2.75) is 19.3 Å². The fourth-order valence-electron chi connectivity index (χ4n) is 2.54. The molecule has 0 unspecified atom stereocenters. The molecule has 1 aliphatic rings. The van der Waals surface area contributed by atoms with Crippen molar-refractivity contribution in [2.75, 3.05) is 26.8 Å². The monoisotopic (exact) mass is 299 g/mol. The van der Waals surface area contributed by atoms with E-state index in [4.69, 9.17) is 16.3 Å². The van der Waals surface area contributed by atoms with Gasteiger partial charge in [-0.2, -0.15) is 0 Å². The van der Waals surface area contributed by atoms with Gasteiger partial charge in [-0.1, -0.05) is 11.6 Å². The van der Waals surface area contributed by atoms with E-state index in [0.717, 1.165) is 25.9 Å². The fourth-order valence-corrected chi connectivity index (χ4v) is 2.74. The molecule has 0 bridgehead atoms. The Kier molecular flexibility index (Phi) is 5.38. The van der Waals surface area contributed by atoms with Crippen molar-refractivity contribution in [3.05, 3.63) is 34.6 Å². The van der Waals surface area contributed by atoms with Crippen LogP contribution < -0.4 is 0 Å². The van der Waals surface area contributed by atoms with Crippen LogP contribution in [0, 0.1) is 11.7 Å². The van der Waals surface area contributed by atoms with Crippen LogP contribution in [-0.4, -0.2) is 37.6 Å². The predicted octanol–water partition coefficient (Wildman–Crippen LogP) is 3.37. The van der Waals surface area contributed by atoms with Gasteiger partial charge in [0.1, 0.15) is 5.82 Å². The van der Waals surface area contributed by atoms with Crippen molar-refractivity contribution in [3.8, 4) is 0 Å². The number of methoxy groups -OCH3 is 1. The van der Waals surface area contributed by atoms with Crippen molar-refractivity contribution in [1.82, 2.24) is 4.90 Å². The maximum Gasteiger partial charge on any atom is 0.255 e. The molecule has 0 aliphatic carbocycles. The molecule has 110 valence electrons. The second kappa shape index (κ2) is 7.04. The number of likely N-dealkylation sites (tertiary alicyclic amines) is 1. The zero-order valence-electron chi connectivity index (χ0n) is 11.6. The number of ether oxygens (including phenoxy) is 1. The lowest BCUT2D eigenvalue weighted by molar-refractivity contribution is 0.0669. The maximum absolute atomic E-state index is 13.2. The lowest BCUT2D eigenvalue weighted by Gasteiger charge is -2.32. The first kappa shape index (κ1) is 15.3. The Hall–Kier alpha value is -1.13. The molecule has 1 heterocycles. The number of benzene rings is 1. The molecule has 1 fully saturated rings. The quantitative estimate of drug-likeness (QED) is 0.853. The van der Waals surface area contributed by atoms with E-state index in [0.29, 0.717) is 24.0 Å². The van der Waals surface area contributed by atoms with Gasteiger partial charge in [0.05, 0.1) is 10.6 Å². The predicted molar refractivity (Wildman–Crippen MR) is 76.5 cm³/mol. The lowest BCUT2D eigenvalue weighted by Crippen LogP contribution is -2.38. The average Bonchev–Trinajstić information content (AvgIpc) is 2.47. The molecule has 0 saturated carbocycles. The second-order valence-corrected chi connectivity index (χ2v) is 5.55. The van der Waals surface area contributed by atoms with Crippen LogP contribution in [-0.2, 0) is 4.74 Å². The summed E-state index contributed by atoms with van der Waals surface area (Å²) in [6.07, 6.45) is 2.95. The summed E-state index contributed by atoms with van der Waals surface area (Å²) in [5, 5.41) is 0.304. The molecule has 20 heavy (non-hydrogen) atoms. The lowest BCUT2D eigenvalue weighted by atomic mass is 9.93. The Morgan fingerprint density at radius 3 is 2.80 bits per heavy atom. The van der Waals surface area contributed by atoms with E-state index in [1.165, 1.54) is 18.2 Å². The Morgan fingerprint density at radius 1 is 1.45 bits per heavy atom. The first-order valence-corrected chi connectivity index (χ1v) is 7.23. The molecule has 3 nitrogen and oxygen atoms in total. The fraction of sp³-hybridized carbons (Fsp3) is 0.533. The highest BCUT2D eigenvalue weighted by atomic mass is 35.5.